The van der Waals surface area contributed by atoms with E-state index in [1.54, 1.807) is 4.52 Å². The third kappa shape index (κ3) is 6.17. The van der Waals surface area contributed by atoms with Crippen molar-refractivity contribution in [2.75, 3.05) is 30.3 Å². The third-order valence-corrected chi connectivity index (χ3v) is 8.27. The van der Waals surface area contributed by atoms with E-state index in [-0.39, 0.29) is 17.6 Å². The quantitative estimate of drug-likeness (QED) is 0.161. The van der Waals surface area contributed by atoms with Gasteiger partial charge in [-0.2, -0.15) is 19.6 Å². The van der Waals surface area contributed by atoms with Gasteiger partial charge in [0, 0.05) is 54.7 Å². The summed E-state index contributed by atoms with van der Waals surface area (Å²) in [5.41, 5.74) is 5.66. The van der Waals surface area contributed by atoms with E-state index < -0.39 is 6.10 Å². The highest BCUT2D eigenvalue weighted by Gasteiger charge is 2.23. The van der Waals surface area contributed by atoms with Crippen molar-refractivity contribution < 1.29 is 9.90 Å². The Bertz CT molecular complexity index is 1810. The highest BCUT2D eigenvalue weighted by atomic mass is 16.3. The smallest absolute Gasteiger partial charge is 0.229 e. The Hall–Kier alpha value is -4.67. The minimum absolute atomic E-state index is 0.00573. The molecule has 10 nitrogen and oxygen atoms in total. The summed E-state index contributed by atoms with van der Waals surface area (Å²) in [5.74, 6) is 1.44. The molecule has 226 valence electrons. The number of ketones is 1. The van der Waals surface area contributed by atoms with Gasteiger partial charge in [-0.15, -0.1) is 0 Å². The van der Waals surface area contributed by atoms with E-state index in [0.717, 1.165) is 57.3 Å². The van der Waals surface area contributed by atoms with Crippen molar-refractivity contribution >= 4 is 34.1 Å². The number of nitrogens with one attached hydrogen (secondary N) is 3. The lowest BCUT2D eigenvalue weighted by Crippen LogP contribution is -2.43. The van der Waals surface area contributed by atoms with Gasteiger partial charge in [-0.05, 0) is 47.5 Å². The summed E-state index contributed by atoms with van der Waals surface area (Å²) in [6.07, 6.45) is 5.83. The van der Waals surface area contributed by atoms with Crippen LogP contribution in [0.2, 0.25) is 0 Å². The number of carbonyl (C=O) groups is 1. The SMILES string of the molecule is C=CC(=O)Cc1ccc2c(-c3ccccc3CNc3nc(NC[C@H]4CCNC[C@@H]4O)nc4c(C(C)C)cnn34)nccc2c1. The molecule has 2 aromatic carbocycles. The number of fused-ring (bicyclic) bond motifs is 2. The van der Waals surface area contributed by atoms with E-state index in [9.17, 15) is 9.90 Å². The van der Waals surface area contributed by atoms with Crippen LogP contribution in [0, 0.1) is 5.92 Å². The number of nitrogens with zero attached hydrogens (tertiary/aromatic N) is 5. The fourth-order valence-corrected chi connectivity index (χ4v) is 5.76. The zero-order valence-corrected chi connectivity index (χ0v) is 25.1. The van der Waals surface area contributed by atoms with Crippen LogP contribution in [0.4, 0.5) is 11.9 Å². The molecule has 0 aliphatic carbocycles. The first-order valence-electron chi connectivity index (χ1n) is 15.1. The summed E-state index contributed by atoms with van der Waals surface area (Å²) in [6, 6.07) is 16.2. The lowest BCUT2D eigenvalue weighted by molar-refractivity contribution is -0.114. The van der Waals surface area contributed by atoms with Crippen molar-refractivity contribution in [1.82, 2.24) is 29.9 Å². The van der Waals surface area contributed by atoms with E-state index in [0.29, 0.717) is 38.0 Å². The molecule has 1 fully saturated rings. The van der Waals surface area contributed by atoms with Crippen molar-refractivity contribution in [1.29, 1.82) is 0 Å². The summed E-state index contributed by atoms with van der Waals surface area (Å²) in [6.45, 7) is 10.4. The first-order valence-corrected chi connectivity index (χ1v) is 15.1. The van der Waals surface area contributed by atoms with E-state index in [4.69, 9.17) is 15.0 Å². The Morgan fingerprint density at radius 2 is 2.05 bits per heavy atom. The molecule has 0 bridgehead atoms. The number of aliphatic hydroxyl groups excluding tert-OH is 1. The summed E-state index contributed by atoms with van der Waals surface area (Å²) in [4.78, 5) is 26.3. The van der Waals surface area contributed by atoms with Gasteiger partial charge in [0.2, 0.25) is 11.9 Å². The number of aliphatic hydroxyl groups is 1. The van der Waals surface area contributed by atoms with Crippen LogP contribution >= 0.6 is 0 Å². The molecule has 4 heterocycles. The van der Waals surface area contributed by atoms with Crippen LogP contribution in [0.25, 0.3) is 27.7 Å². The van der Waals surface area contributed by atoms with Crippen LogP contribution in [0.5, 0.6) is 0 Å². The van der Waals surface area contributed by atoms with Crippen LogP contribution in [0.3, 0.4) is 0 Å². The molecule has 5 aromatic rings. The number of carbonyl (C=O) groups excluding carboxylic acids is 1. The van der Waals surface area contributed by atoms with Crippen molar-refractivity contribution in [3.8, 4) is 11.3 Å². The summed E-state index contributed by atoms with van der Waals surface area (Å²) >= 11 is 0. The summed E-state index contributed by atoms with van der Waals surface area (Å²) < 4.78 is 1.75. The van der Waals surface area contributed by atoms with Gasteiger partial charge in [0.25, 0.3) is 0 Å². The van der Waals surface area contributed by atoms with E-state index in [1.807, 2.05) is 48.8 Å². The molecule has 3 aromatic heterocycles. The molecule has 4 N–H and O–H groups in total. The normalized spacial score (nSPS) is 16.8. The van der Waals surface area contributed by atoms with E-state index in [1.165, 1.54) is 6.08 Å². The lowest BCUT2D eigenvalue weighted by Gasteiger charge is -2.28. The predicted molar refractivity (Wildman–Crippen MR) is 174 cm³/mol. The van der Waals surface area contributed by atoms with Gasteiger partial charge < -0.3 is 21.1 Å². The Kier molecular flexibility index (Phi) is 8.63. The van der Waals surface area contributed by atoms with Gasteiger partial charge in [0.1, 0.15) is 0 Å². The number of piperidine rings is 1. The average molecular weight is 591 g/mol. The second-order valence-corrected chi connectivity index (χ2v) is 11.6. The largest absolute Gasteiger partial charge is 0.391 e. The number of hydrogen-bond acceptors (Lipinski definition) is 9. The maximum atomic E-state index is 11.9. The molecule has 1 aliphatic heterocycles. The number of pyridine rings is 1. The number of aromatic nitrogens is 5. The van der Waals surface area contributed by atoms with Crippen molar-refractivity contribution in [2.24, 2.45) is 5.92 Å². The lowest BCUT2D eigenvalue weighted by atomic mass is 9.95. The number of rotatable bonds is 11. The van der Waals surface area contributed by atoms with Crippen molar-refractivity contribution in [3.63, 3.8) is 0 Å². The molecular formula is C34H38N8O2. The van der Waals surface area contributed by atoms with Crippen LogP contribution in [-0.2, 0) is 17.8 Å². The van der Waals surface area contributed by atoms with E-state index in [2.05, 4.69) is 53.6 Å². The van der Waals surface area contributed by atoms with Gasteiger partial charge in [-0.3, -0.25) is 9.78 Å². The summed E-state index contributed by atoms with van der Waals surface area (Å²) in [7, 11) is 0. The number of β-amino-alcohol motifs (C(OH)–C–C–N with tert-alkyl or cyclic N) is 1. The zero-order valence-electron chi connectivity index (χ0n) is 25.1. The Labute approximate surface area is 256 Å². The topological polar surface area (TPSA) is 129 Å². The molecule has 0 saturated carbocycles. The first-order chi connectivity index (χ1) is 21.4. The van der Waals surface area contributed by atoms with Crippen LogP contribution in [0.15, 0.2) is 73.6 Å². The molecule has 10 heteroatoms. The maximum Gasteiger partial charge on any atom is 0.229 e. The van der Waals surface area contributed by atoms with Gasteiger partial charge in [0.05, 0.1) is 18.0 Å². The number of allylic oxidation sites excluding steroid dienone is 1. The maximum absolute atomic E-state index is 11.9. The van der Waals surface area contributed by atoms with Crippen LogP contribution in [0.1, 0.15) is 42.9 Å². The van der Waals surface area contributed by atoms with Crippen LogP contribution < -0.4 is 16.0 Å². The standard InChI is InChI=1S/C34H38N8O2/c1-4-26(43)16-22-9-10-28-23(15-22)12-14-36-31(28)27-8-6-5-7-24(27)17-38-34-41-33(37-18-25-11-13-35-20-30(25)44)40-32-29(21(2)3)19-39-42(32)34/h4-10,12,14-15,19,21,25,30,35,44H,1,11,13,16-18,20H2,2-3H3,(H2,37,38,40,41)/t25-,30+/m1/s1. The fourth-order valence-electron chi connectivity index (χ4n) is 5.76. The molecule has 0 unspecified atom stereocenters. The minimum atomic E-state index is -0.404. The Balaban J connectivity index is 1.30. The molecule has 1 saturated heterocycles. The van der Waals surface area contributed by atoms with Gasteiger partial charge in [0.15, 0.2) is 11.4 Å². The van der Waals surface area contributed by atoms with Gasteiger partial charge >= 0.3 is 0 Å². The van der Waals surface area contributed by atoms with E-state index >= 15 is 0 Å². The highest BCUT2D eigenvalue weighted by molar-refractivity contribution is 5.97. The molecule has 0 amide bonds. The molecule has 2 atom stereocenters. The zero-order chi connectivity index (χ0) is 30.6. The molecule has 0 radical (unpaired) electrons. The molecule has 6 rings (SSSR count). The fraction of sp³-hybridized carbons (Fsp3) is 0.324. The summed E-state index contributed by atoms with van der Waals surface area (Å²) in [5, 5.41) is 27.2. The minimum Gasteiger partial charge on any atom is -0.391 e. The van der Waals surface area contributed by atoms with Crippen molar-refractivity contribution in [2.45, 2.75) is 45.3 Å². The number of hydrogen-bond donors (Lipinski definition) is 4. The first kappa shape index (κ1) is 29.4. The van der Waals surface area contributed by atoms with Crippen molar-refractivity contribution in [3.05, 3.63) is 90.3 Å². The molecule has 1 aliphatic rings. The number of anilines is 2. The van der Waals surface area contributed by atoms with Gasteiger partial charge in [-0.25, -0.2) is 0 Å². The molecule has 44 heavy (non-hydrogen) atoms. The Morgan fingerprint density at radius 3 is 2.86 bits per heavy atom. The van der Waals surface area contributed by atoms with Gasteiger partial charge in [-0.1, -0.05) is 62.9 Å². The highest BCUT2D eigenvalue weighted by Crippen LogP contribution is 2.31. The number of benzene rings is 2. The molecule has 0 spiro atoms. The monoisotopic (exact) mass is 590 g/mol. The second kappa shape index (κ2) is 12.9. The van der Waals surface area contributed by atoms with Crippen LogP contribution in [-0.4, -0.2) is 61.2 Å². The predicted octanol–water partition coefficient (Wildman–Crippen LogP) is 4.75. The third-order valence-electron chi connectivity index (χ3n) is 8.27. The molecular weight excluding hydrogens is 552 g/mol. The average Bonchev–Trinajstić information content (AvgIpc) is 3.47. The Morgan fingerprint density at radius 1 is 1.18 bits per heavy atom. The second-order valence-electron chi connectivity index (χ2n) is 11.6.